The standard InChI is InChI=1S/C31H46N4/c1-2-3-4-5-6-7-8-9-10-11-12-13-14-15-16-17-26-33-29-22-24-31(25-23-29)35-34-30-20-18-28(27-32)19-21-30/h18-25,33H,2-17,26H2,1H3. The zero-order valence-corrected chi connectivity index (χ0v) is 22.0. The molecular weight excluding hydrogens is 428 g/mol. The molecule has 0 heterocycles. The fraction of sp³-hybridized carbons (Fsp3) is 0.581. The Labute approximate surface area is 214 Å². The number of nitrogens with one attached hydrogen (secondary N) is 1. The maximum Gasteiger partial charge on any atom is 0.0991 e. The van der Waals surface area contributed by atoms with E-state index in [0.717, 1.165) is 23.6 Å². The number of unbranched alkanes of at least 4 members (excludes halogenated alkanes) is 15. The molecule has 0 aliphatic heterocycles. The average Bonchev–Trinajstić information content (AvgIpc) is 2.90. The minimum atomic E-state index is 0.628. The predicted molar refractivity (Wildman–Crippen MR) is 150 cm³/mol. The summed E-state index contributed by atoms with van der Waals surface area (Å²) in [6, 6.07) is 17.3. The molecule has 1 N–H and O–H groups in total. The molecule has 4 heteroatoms. The second-order valence-corrected chi connectivity index (χ2v) is 9.64. The quantitative estimate of drug-likeness (QED) is 0.153. The first-order valence-electron chi connectivity index (χ1n) is 14.1. The molecule has 0 aliphatic rings. The highest BCUT2D eigenvalue weighted by Gasteiger charge is 1.97. The van der Waals surface area contributed by atoms with E-state index in [-0.39, 0.29) is 0 Å². The maximum absolute atomic E-state index is 8.85. The molecule has 0 radical (unpaired) electrons. The number of nitrogens with zero attached hydrogens (tertiary/aromatic N) is 3. The second kappa shape index (κ2) is 19.6. The number of hydrogen-bond donors (Lipinski definition) is 1. The highest BCUT2D eigenvalue weighted by Crippen LogP contribution is 2.21. The van der Waals surface area contributed by atoms with Crippen LogP contribution in [0, 0.1) is 11.3 Å². The number of rotatable bonds is 20. The molecule has 0 unspecified atom stereocenters. The smallest absolute Gasteiger partial charge is 0.0991 e. The van der Waals surface area contributed by atoms with Gasteiger partial charge in [0.05, 0.1) is 23.0 Å². The zero-order chi connectivity index (χ0) is 24.8. The predicted octanol–water partition coefficient (Wildman–Crippen LogP) is 10.6. The lowest BCUT2D eigenvalue weighted by atomic mass is 10.0. The molecule has 2 rings (SSSR count). The first-order chi connectivity index (χ1) is 17.3. The van der Waals surface area contributed by atoms with Gasteiger partial charge >= 0.3 is 0 Å². The summed E-state index contributed by atoms with van der Waals surface area (Å²) in [5.74, 6) is 0. The third kappa shape index (κ3) is 14.4. The van der Waals surface area contributed by atoms with Crippen molar-refractivity contribution in [1.29, 1.82) is 5.26 Å². The van der Waals surface area contributed by atoms with Crippen LogP contribution in [0.5, 0.6) is 0 Å². The van der Waals surface area contributed by atoms with Crippen molar-refractivity contribution in [1.82, 2.24) is 0 Å². The molecule has 0 amide bonds. The van der Waals surface area contributed by atoms with Crippen LogP contribution in [-0.2, 0) is 0 Å². The van der Waals surface area contributed by atoms with Gasteiger partial charge < -0.3 is 5.32 Å². The lowest BCUT2D eigenvalue weighted by molar-refractivity contribution is 0.530. The molecule has 0 saturated carbocycles. The molecule has 2 aromatic carbocycles. The molecule has 2 aromatic rings. The van der Waals surface area contributed by atoms with E-state index in [9.17, 15) is 0 Å². The van der Waals surface area contributed by atoms with Gasteiger partial charge in [-0.05, 0) is 55.0 Å². The van der Waals surface area contributed by atoms with Crippen molar-refractivity contribution in [2.75, 3.05) is 11.9 Å². The number of anilines is 1. The molecule has 4 nitrogen and oxygen atoms in total. The van der Waals surface area contributed by atoms with E-state index < -0.39 is 0 Å². The van der Waals surface area contributed by atoms with E-state index in [1.807, 2.05) is 12.1 Å². The first-order valence-corrected chi connectivity index (χ1v) is 14.1. The van der Waals surface area contributed by atoms with Crippen LogP contribution in [0.3, 0.4) is 0 Å². The van der Waals surface area contributed by atoms with Crippen molar-refractivity contribution in [3.8, 4) is 6.07 Å². The Morgan fingerprint density at radius 3 is 1.40 bits per heavy atom. The topological polar surface area (TPSA) is 60.5 Å². The second-order valence-electron chi connectivity index (χ2n) is 9.64. The van der Waals surface area contributed by atoms with Crippen LogP contribution in [0.2, 0.25) is 0 Å². The van der Waals surface area contributed by atoms with E-state index in [4.69, 9.17) is 5.26 Å². The first kappa shape index (κ1) is 28.6. The molecule has 35 heavy (non-hydrogen) atoms. The van der Waals surface area contributed by atoms with Crippen LogP contribution in [0.15, 0.2) is 58.8 Å². The highest BCUT2D eigenvalue weighted by atomic mass is 15.1. The van der Waals surface area contributed by atoms with E-state index in [1.165, 1.54) is 103 Å². The Morgan fingerprint density at radius 2 is 0.971 bits per heavy atom. The Balaban J connectivity index is 1.40. The third-order valence-corrected chi connectivity index (χ3v) is 6.50. The van der Waals surface area contributed by atoms with Crippen LogP contribution in [0.25, 0.3) is 0 Å². The summed E-state index contributed by atoms with van der Waals surface area (Å²) in [5, 5.41) is 20.8. The average molecular weight is 475 g/mol. The largest absolute Gasteiger partial charge is 0.385 e. The van der Waals surface area contributed by atoms with E-state index in [1.54, 1.807) is 24.3 Å². The summed E-state index contributed by atoms with van der Waals surface area (Å²) in [6.45, 7) is 3.31. The molecule has 0 spiro atoms. The van der Waals surface area contributed by atoms with Gasteiger partial charge in [-0.1, -0.05) is 103 Å². The number of hydrogen-bond acceptors (Lipinski definition) is 4. The maximum atomic E-state index is 8.85. The van der Waals surface area contributed by atoms with Crippen molar-refractivity contribution < 1.29 is 0 Å². The van der Waals surface area contributed by atoms with Gasteiger partial charge in [0.25, 0.3) is 0 Å². The van der Waals surface area contributed by atoms with Gasteiger partial charge in [0.15, 0.2) is 0 Å². The lowest BCUT2D eigenvalue weighted by Crippen LogP contribution is -2.00. The van der Waals surface area contributed by atoms with Crippen molar-refractivity contribution >= 4 is 17.1 Å². The summed E-state index contributed by atoms with van der Waals surface area (Å²) < 4.78 is 0. The van der Waals surface area contributed by atoms with Gasteiger partial charge in [0.1, 0.15) is 0 Å². The monoisotopic (exact) mass is 474 g/mol. The lowest BCUT2D eigenvalue weighted by Gasteiger charge is -2.07. The van der Waals surface area contributed by atoms with Crippen LogP contribution in [-0.4, -0.2) is 6.54 Å². The summed E-state index contributed by atoms with van der Waals surface area (Å²) in [6.07, 6.45) is 22.4. The van der Waals surface area contributed by atoms with Crippen LogP contribution in [0.4, 0.5) is 17.1 Å². The van der Waals surface area contributed by atoms with Crippen LogP contribution < -0.4 is 5.32 Å². The molecule has 0 bridgehead atoms. The highest BCUT2D eigenvalue weighted by molar-refractivity contribution is 5.51. The number of benzene rings is 2. The van der Waals surface area contributed by atoms with Crippen LogP contribution in [0.1, 0.15) is 115 Å². The molecule has 0 fully saturated rings. The van der Waals surface area contributed by atoms with Gasteiger partial charge in [0.2, 0.25) is 0 Å². The molecule has 0 aromatic heterocycles. The van der Waals surface area contributed by atoms with Crippen molar-refractivity contribution in [3.63, 3.8) is 0 Å². The molecular formula is C31H46N4. The molecule has 0 aliphatic carbocycles. The summed E-state index contributed by atoms with van der Waals surface area (Å²) >= 11 is 0. The Bertz CT molecular complexity index is 834. The van der Waals surface area contributed by atoms with E-state index in [0.29, 0.717) is 5.56 Å². The zero-order valence-electron chi connectivity index (χ0n) is 22.0. The van der Waals surface area contributed by atoms with Crippen LogP contribution >= 0.6 is 0 Å². The SMILES string of the molecule is CCCCCCCCCCCCCCCCCCNc1ccc(N=Nc2ccc(C#N)cc2)cc1. The van der Waals surface area contributed by atoms with E-state index in [2.05, 4.69) is 40.7 Å². The van der Waals surface area contributed by atoms with Gasteiger partial charge in [-0.2, -0.15) is 15.5 Å². The number of nitriles is 1. The van der Waals surface area contributed by atoms with Gasteiger partial charge in [0, 0.05) is 12.2 Å². The van der Waals surface area contributed by atoms with Crippen molar-refractivity contribution in [2.24, 2.45) is 10.2 Å². The molecule has 190 valence electrons. The third-order valence-electron chi connectivity index (χ3n) is 6.50. The Kier molecular flexibility index (Phi) is 16.0. The van der Waals surface area contributed by atoms with Gasteiger partial charge in [-0.25, -0.2) is 0 Å². The van der Waals surface area contributed by atoms with Gasteiger partial charge in [-0.3, -0.25) is 0 Å². The normalized spacial score (nSPS) is 11.1. The summed E-state index contributed by atoms with van der Waals surface area (Å²) in [4.78, 5) is 0. The summed E-state index contributed by atoms with van der Waals surface area (Å²) in [5.41, 5.74) is 3.32. The Hall–Kier alpha value is -2.67. The summed E-state index contributed by atoms with van der Waals surface area (Å²) in [7, 11) is 0. The number of azo groups is 1. The van der Waals surface area contributed by atoms with Crippen molar-refractivity contribution in [2.45, 2.75) is 110 Å². The fourth-order valence-electron chi connectivity index (χ4n) is 4.27. The fourth-order valence-corrected chi connectivity index (χ4v) is 4.27. The van der Waals surface area contributed by atoms with E-state index >= 15 is 0 Å². The Morgan fingerprint density at radius 1 is 0.571 bits per heavy atom. The molecule has 0 atom stereocenters. The van der Waals surface area contributed by atoms with Gasteiger partial charge in [-0.15, -0.1) is 0 Å². The van der Waals surface area contributed by atoms with Crippen molar-refractivity contribution in [3.05, 3.63) is 54.1 Å². The minimum absolute atomic E-state index is 0.628. The molecule has 0 saturated heterocycles. The minimum Gasteiger partial charge on any atom is -0.385 e.